The van der Waals surface area contributed by atoms with E-state index in [4.69, 9.17) is 29.7 Å². The van der Waals surface area contributed by atoms with Crippen molar-refractivity contribution in [2.75, 3.05) is 45.9 Å². The number of aromatic nitrogens is 2. The third-order valence-electron chi connectivity index (χ3n) is 12.9. The Morgan fingerprint density at radius 3 is 2.26 bits per heavy atom. The fraction of sp³-hybridized carbons (Fsp3) is 0.333. The molecule has 2 aliphatic heterocycles. The first kappa shape index (κ1) is 51.0. The van der Waals surface area contributed by atoms with Crippen molar-refractivity contribution in [1.82, 2.24) is 30.0 Å². The van der Waals surface area contributed by atoms with E-state index in [0.29, 0.717) is 76.0 Å². The maximum absolute atomic E-state index is 14.3. The number of carbonyl (C=O) groups is 6. The van der Waals surface area contributed by atoms with Crippen LogP contribution in [-0.2, 0) is 48.3 Å². The van der Waals surface area contributed by atoms with E-state index in [1.807, 2.05) is 49.4 Å². The van der Waals surface area contributed by atoms with Crippen molar-refractivity contribution in [2.45, 2.75) is 77.1 Å². The van der Waals surface area contributed by atoms with Crippen molar-refractivity contribution in [3.05, 3.63) is 124 Å². The topological polar surface area (TPSA) is 243 Å². The third-order valence-corrected chi connectivity index (χ3v) is 12.9. The predicted octanol–water partition coefficient (Wildman–Crippen LogP) is 5.39. The van der Waals surface area contributed by atoms with E-state index < -0.39 is 30.0 Å². The molecule has 8 rings (SSSR count). The number of rotatable bonds is 22. The molecule has 380 valence electrons. The second-order valence-electron chi connectivity index (χ2n) is 18.0. The highest BCUT2D eigenvalue weighted by Gasteiger charge is 2.28. The molecular weight excluding hydrogens is 937 g/mol. The van der Waals surface area contributed by atoms with E-state index in [9.17, 15) is 33.6 Å². The maximum Gasteiger partial charge on any atom is 0.409 e. The number of carbonyl (C=O) groups excluding carboxylic acids is 6. The number of hydrogen-bond donors (Lipinski definition) is 4. The Balaban J connectivity index is 0.872. The zero-order valence-electron chi connectivity index (χ0n) is 40.9. The Labute approximate surface area is 420 Å². The fourth-order valence-electron chi connectivity index (χ4n) is 8.91. The molecule has 4 aromatic carbocycles. The summed E-state index contributed by atoms with van der Waals surface area (Å²) < 4.78 is 24.2. The highest BCUT2D eigenvalue weighted by molar-refractivity contribution is 6.15. The Hall–Kier alpha value is -8.32. The number of anilines is 1. The summed E-state index contributed by atoms with van der Waals surface area (Å²) in [6.07, 6.45) is 6.16. The minimum absolute atomic E-state index is 0.0746. The molecule has 0 saturated carbocycles. The summed E-state index contributed by atoms with van der Waals surface area (Å²) >= 11 is 0. The van der Waals surface area contributed by atoms with Gasteiger partial charge in [-0.25, -0.2) is 4.79 Å². The van der Waals surface area contributed by atoms with Gasteiger partial charge in [0, 0.05) is 80.4 Å². The van der Waals surface area contributed by atoms with E-state index in [1.54, 1.807) is 61.3 Å². The number of methoxy groups -OCH3 is 1. The van der Waals surface area contributed by atoms with Crippen LogP contribution in [0, 0.1) is 6.92 Å². The molecular formula is C54H58N8O11. The molecule has 6 amide bonds. The molecule has 0 saturated heterocycles. The number of fused-ring (bicyclic) bond motifs is 6. The standard InChI is InChI=1S/C54H58N8O11/c1-33-25-37-38(27-44(33)70-3)53(68)62(50-39-28-45-46(73-32-72-45)29-42(39)56-30-40(37)50)24-23-60(2)54(69)71-31-35-15-17-36(18-16-35)57-51(66)41(13-10-21-55)59-52(67)43(26-34-11-6-4-7-12-34)58-47(63)14-8-5-9-22-61-48(64)19-20-49(61)65/h4,6-7,11-12,15-20,25,27-30,41,43H,5,8-10,13-14,21-24,26,31-32,55H2,1-3H3,(H,57,66)(H,58,63)(H,59,67)/t41-,43-/m0/s1. The molecule has 0 fully saturated rings. The predicted molar refractivity (Wildman–Crippen MR) is 273 cm³/mol. The summed E-state index contributed by atoms with van der Waals surface area (Å²) in [5.74, 6) is -0.401. The largest absolute Gasteiger partial charge is 0.496 e. The molecule has 4 heterocycles. The number of benzene rings is 4. The van der Waals surface area contributed by atoms with Crippen molar-refractivity contribution < 1.29 is 47.7 Å². The van der Waals surface area contributed by atoms with Gasteiger partial charge in [0.2, 0.25) is 24.5 Å². The monoisotopic (exact) mass is 994 g/mol. The molecule has 0 bridgehead atoms. The SMILES string of the molecule is COc1cc2c(=O)n(CCN(C)C(=O)OCc3ccc(NC(=O)[C@H](CCCN)NC(=O)[C@H](Cc4ccccc4)NC(=O)CCCCCN4C(=O)C=CC4=O)cc3)c3c4cc5c(cc4ncc3c2cc1C)OCO5. The number of aryl methyl sites for hydroxylation is 1. The lowest BCUT2D eigenvalue weighted by Gasteiger charge is -2.23. The van der Waals surface area contributed by atoms with Gasteiger partial charge in [-0.15, -0.1) is 0 Å². The van der Waals surface area contributed by atoms with Gasteiger partial charge < -0.3 is 50.1 Å². The first-order chi connectivity index (χ1) is 35.3. The lowest BCUT2D eigenvalue weighted by Crippen LogP contribution is -2.53. The van der Waals surface area contributed by atoms with Gasteiger partial charge in [0.1, 0.15) is 24.4 Å². The Kier molecular flexibility index (Phi) is 16.3. The number of nitrogens with two attached hydrogens (primary N) is 1. The number of pyridine rings is 2. The zero-order valence-corrected chi connectivity index (χ0v) is 40.9. The van der Waals surface area contributed by atoms with Crippen LogP contribution in [0.4, 0.5) is 10.5 Å². The second-order valence-corrected chi connectivity index (χ2v) is 18.0. The zero-order chi connectivity index (χ0) is 51.6. The summed E-state index contributed by atoms with van der Waals surface area (Å²) in [6, 6.07) is 21.2. The maximum atomic E-state index is 14.3. The van der Waals surface area contributed by atoms with E-state index in [0.717, 1.165) is 26.8 Å². The average molecular weight is 995 g/mol. The summed E-state index contributed by atoms with van der Waals surface area (Å²) in [7, 11) is 3.14. The van der Waals surface area contributed by atoms with Gasteiger partial charge >= 0.3 is 6.09 Å². The minimum Gasteiger partial charge on any atom is -0.496 e. The van der Waals surface area contributed by atoms with Gasteiger partial charge in [0.15, 0.2) is 11.5 Å². The van der Waals surface area contributed by atoms with Gasteiger partial charge in [-0.05, 0) is 91.6 Å². The number of unbranched alkanes of at least 4 members (excludes halogenated alkanes) is 2. The number of ether oxygens (including phenoxy) is 4. The summed E-state index contributed by atoms with van der Waals surface area (Å²) in [6.45, 7) is 2.69. The molecule has 19 nitrogen and oxygen atoms in total. The van der Waals surface area contributed by atoms with E-state index in [-0.39, 0.29) is 82.1 Å². The van der Waals surface area contributed by atoms with Crippen molar-refractivity contribution >= 4 is 73.9 Å². The fourth-order valence-corrected chi connectivity index (χ4v) is 8.91. The highest BCUT2D eigenvalue weighted by Crippen LogP contribution is 2.39. The Morgan fingerprint density at radius 1 is 0.795 bits per heavy atom. The molecule has 0 spiro atoms. The van der Waals surface area contributed by atoms with E-state index >= 15 is 0 Å². The van der Waals surface area contributed by atoms with Crippen LogP contribution in [0.15, 0.2) is 102 Å². The first-order valence-electron chi connectivity index (χ1n) is 24.2. The first-order valence-corrected chi connectivity index (χ1v) is 24.2. The summed E-state index contributed by atoms with van der Waals surface area (Å²) in [5, 5.41) is 11.1. The van der Waals surface area contributed by atoms with Crippen LogP contribution < -0.4 is 41.5 Å². The van der Waals surface area contributed by atoms with Crippen LogP contribution >= 0.6 is 0 Å². The van der Waals surface area contributed by atoms with Gasteiger partial charge in [-0.1, -0.05) is 48.9 Å². The molecule has 0 unspecified atom stereocenters. The molecule has 6 aromatic rings. The van der Waals surface area contributed by atoms with Gasteiger partial charge in [0.05, 0.1) is 23.5 Å². The van der Waals surface area contributed by atoms with Crippen LogP contribution in [0.5, 0.6) is 17.2 Å². The van der Waals surface area contributed by atoms with E-state index in [2.05, 4.69) is 16.0 Å². The van der Waals surface area contributed by atoms with Gasteiger partial charge in [-0.3, -0.25) is 38.7 Å². The van der Waals surface area contributed by atoms with Crippen molar-refractivity contribution in [2.24, 2.45) is 5.73 Å². The quantitative estimate of drug-likeness (QED) is 0.0379. The number of nitrogens with one attached hydrogen (secondary N) is 3. The molecule has 2 atom stereocenters. The number of imide groups is 1. The summed E-state index contributed by atoms with van der Waals surface area (Å²) in [5.41, 5.74) is 9.54. The van der Waals surface area contributed by atoms with Crippen molar-refractivity contribution in [1.29, 1.82) is 0 Å². The van der Waals surface area contributed by atoms with Crippen LogP contribution in [0.25, 0.3) is 32.6 Å². The van der Waals surface area contributed by atoms with Crippen molar-refractivity contribution in [3.63, 3.8) is 0 Å². The van der Waals surface area contributed by atoms with Gasteiger partial charge in [0.25, 0.3) is 17.4 Å². The lowest BCUT2D eigenvalue weighted by atomic mass is 10.0. The molecule has 19 heteroatoms. The van der Waals surface area contributed by atoms with Crippen LogP contribution in [0.1, 0.15) is 55.2 Å². The average Bonchev–Trinajstić information content (AvgIpc) is 3.99. The number of hydrogen-bond acceptors (Lipinski definition) is 13. The third kappa shape index (κ3) is 12.1. The number of likely N-dealkylation sites (N-methyl/N-ethyl adjacent to an activating group) is 1. The second kappa shape index (κ2) is 23.3. The van der Waals surface area contributed by atoms with E-state index in [1.165, 1.54) is 17.1 Å². The van der Waals surface area contributed by atoms with Crippen LogP contribution in [-0.4, -0.2) is 108 Å². The molecule has 2 aromatic heterocycles. The lowest BCUT2D eigenvalue weighted by molar-refractivity contribution is -0.137. The normalized spacial score (nSPS) is 13.6. The Bertz CT molecular complexity index is 3140. The molecule has 2 aliphatic rings. The Morgan fingerprint density at radius 2 is 1.53 bits per heavy atom. The molecule has 73 heavy (non-hydrogen) atoms. The summed E-state index contributed by atoms with van der Waals surface area (Å²) in [4.78, 5) is 99.4. The van der Waals surface area contributed by atoms with Crippen LogP contribution in [0.3, 0.4) is 0 Å². The number of nitrogens with zero attached hydrogens (tertiary/aromatic N) is 4. The van der Waals surface area contributed by atoms with Gasteiger partial charge in [-0.2, -0.15) is 0 Å². The molecule has 0 aliphatic carbocycles. The van der Waals surface area contributed by atoms with Crippen molar-refractivity contribution in [3.8, 4) is 17.2 Å². The molecule has 0 radical (unpaired) electrons. The minimum atomic E-state index is -0.990. The van der Waals surface area contributed by atoms with Crippen LogP contribution in [0.2, 0.25) is 0 Å². The smallest absolute Gasteiger partial charge is 0.409 e. The molecule has 5 N–H and O–H groups in total. The number of amides is 6. The highest BCUT2D eigenvalue weighted by atomic mass is 16.7.